The number of hydrogen-bond donors (Lipinski definition) is 0. The van der Waals surface area contributed by atoms with Gasteiger partial charge in [0.1, 0.15) is 5.82 Å². The quantitative estimate of drug-likeness (QED) is 0.528. The highest BCUT2D eigenvalue weighted by atomic mass is 28.3. The molecular weight excluding hydrogens is 311 g/mol. The summed E-state index contributed by atoms with van der Waals surface area (Å²) in [5.74, 6) is 0.787. The lowest BCUT2D eigenvalue weighted by atomic mass is 9.93. The smallest absolute Gasteiger partial charge is 0.123 e. The molecule has 0 bridgehead atoms. The Morgan fingerprint density at radius 3 is 2.08 bits per heavy atom. The highest BCUT2D eigenvalue weighted by Crippen LogP contribution is 2.31. The molecule has 24 heavy (non-hydrogen) atoms. The van der Waals surface area contributed by atoms with Crippen LogP contribution in [-0.2, 0) is 6.42 Å². The largest absolute Gasteiger partial charge is 0.207 e. The molecule has 1 aliphatic heterocycles. The monoisotopic (exact) mass is 340 g/mol. The summed E-state index contributed by atoms with van der Waals surface area (Å²) in [5, 5.41) is 0. The van der Waals surface area contributed by atoms with Gasteiger partial charge in [0.05, 0.1) is 0 Å². The van der Waals surface area contributed by atoms with Crippen molar-refractivity contribution in [2.45, 2.75) is 57.2 Å². The van der Waals surface area contributed by atoms with Gasteiger partial charge in [0.2, 0.25) is 0 Å². The Hall–Kier alpha value is -1.41. The molecule has 128 valence electrons. The van der Waals surface area contributed by atoms with E-state index in [1.807, 2.05) is 12.1 Å². The first kappa shape index (κ1) is 17.4. The zero-order chi connectivity index (χ0) is 16.8. The van der Waals surface area contributed by atoms with Crippen LogP contribution in [0.5, 0.6) is 0 Å². The van der Waals surface area contributed by atoms with E-state index in [0.29, 0.717) is 0 Å². The molecule has 0 amide bonds. The fraction of sp³-hybridized carbons (Fsp3) is 0.455. The molecule has 0 aromatic heterocycles. The Labute approximate surface area is 147 Å². The summed E-state index contributed by atoms with van der Waals surface area (Å²) in [4.78, 5) is 0. The molecule has 1 aliphatic rings. The Bertz CT molecular complexity index is 609. The molecule has 0 N–H and O–H groups in total. The summed E-state index contributed by atoms with van der Waals surface area (Å²) in [6, 6.07) is 20.3. The van der Waals surface area contributed by atoms with Crippen LogP contribution in [0.2, 0.25) is 18.1 Å². The minimum atomic E-state index is -0.336. The molecule has 1 fully saturated rings. The lowest BCUT2D eigenvalue weighted by Gasteiger charge is -2.27. The van der Waals surface area contributed by atoms with Gasteiger partial charge in [-0.25, -0.2) is 4.39 Å². The van der Waals surface area contributed by atoms with E-state index in [1.54, 1.807) is 18.1 Å². The van der Waals surface area contributed by atoms with Gasteiger partial charge in [0, 0.05) is 8.80 Å². The number of hydrogen-bond acceptors (Lipinski definition) is 0. The Morgan fingerprint density at radius 2 is 1.50 bits per heavy atom. The number of halogens is 1. The fourth-order valence-corrected chi connectivity index (χ4v) is 7.66. The van der Waals surface area contributed by atoms with E-state index < -0.39 is 0 Å². The van der Waals surface area contributed by atoms with Gasteiger partial charge >= 0.3 is 0 Å². The fourth-order valence-electron chi connectivity index (χ4n) is 4.09. The molecule has 0 saturated carbocycles. The summed E-state index contributed by atoms with van der Waals surface area (Å²) in [6.07, 6.45) is 6.94. The highest BCUT2D eigenvalue weighted by Gasteiger charge is 2.21. The standard InChI is InChI=1S/C22H29FSi/c1-2-15-24-16-13-19(14-17-24)4-3-18-5-7-20(8-6-18)21-9-11-22(23)12-10-21/h5-12,19,24H,2-4,13-17H2,1H3. The van der Waals surface area contributed by atoms with E-state index in [0.717, 1.165) is 11.5 Å². The van der Waals surface area contributed by atoms with E-state index in [9.17, 15) is 4.39 Å². The third-order valence-corrected chi connectivity index (χ3v) is 9.33. The van der Waals surface area contributed by atoms with Crippen molar-refractivity contribution < 1.29 is 4.39 Å². The van der Waals surface area contributed by atoms with Crippen molar-refractivity contribution in [3.63, 3.8) is 0 Å². The van der Waals surface area contributed by atoms with Crippen LogP contribution < -0.4 is 0 Å². The highest BCUT2D eigenvalue weighted by molar-refractivity contribution is 6.58. The Balaban J connectivity index is 1.49. The minimum Gasteiger partial charge on any atom is -0.207 e. The van der Waals surface area contributed by atoms with E-state index in [-0.39, 0.29) is 14.6 Å². The first-order valence-electron chi connectivity index (χ1n) is 9.59. The topological polar surface area (TPSA) is 0 Å². The zero-order valence-corrected chi connectivity index (χ0v) is 16.0. The van der Waals surface area contributed by atoms with E-state index in [1.165, 1.54) is 55.4 Å². The van der Waals surface area contributed by atoms with Crippen LogP contribution in [0.3, 0.4) is 0 Å². The molecule has 0 aliphatic carbocycles. The van der Waals surface area contributed by atoms with Crippen molar-refractivity contribution in [1.82, 2.24) is 0 Å². The van der Waals surface area contributed by atoms with Crippen molar-refractivity contribution in [2.75, 3.05) is 0 Å². The predicted molar refractivity (Wildman–Crippen MR) is 105 cm³/mol. The van der Waals surface area contributed by atoms with Gasteiger partial charge in [-0.1, -0.05) is 80.7 Å². The SMILES string of the molecule is CCC[SiH]1CCC(CCc2ccc(-c3ccc(F)cc3)cc2)CC1. The predicted octanol–water partition coefficient (Wildman–Crippen LogP) is 6.47. The molecule has 2 heteroatoms. The Morgan fingerprint density at radius 1 is 0.917 bits per heavy atom. The van der Waals surface area contributed by atoms with Crippen LogP contribution in [0.4, 0.5) is 4.39 Å². The maximum atomic E-state index is 13.0. The molecule has 0 spiro atoms. The third-order valence-electron chi connectivity index (χ3n) is 5.64. The van der Waals surface area contributed by atoms with Crippen LogP contribution in [-0.4, -0.2) is 8.80 Å². The van der Waals surface area contributed by atoms with Crippen molar-refractivity contribution in [1.29, 1.82) is 0 Å². The second-order valence-corrected chi connectivity index (χ2v) is 10.9. The summed E-state index contributed by atoms with van der Waals surface area (Å²) < 4.78 is 13.0. The van der Waals surface area contributed by atoms with E-state index >= 15 is 0 Å². The van der Waals surface area contributed by atoms with Gasteiger partial charge in [-0.2, -0.15) is 0 Å². The average molecular weight is 341 g/mol. The second kappa shape index (κ2) is 8.62. The molecule has 0 atom stereocenters. The summed E-state index contributed by atoms with van der Waals surface area (Å²) in [5.41, 5.74) is 3.70. The summed E-state index contributed by atoms with van der Waals surface area (Å²) in [6.45, 7) is 2.34. The first-order valence-corrected chi connectivity index (χ1v) is 12.0. The van der Waals surface area contributed by atoms with Gasteiger partial charge in [-0.15, -0.1) is 0 Å². The molecule has 3 rings (SSSR count). The van der Waals surface area contributed by atoms with Crippen molar-refractivity contribution in [2.24, 2.45) is 5.92 Å². The van der Waals surface area contributed by atoms with Crippen LogP contribution in [0.1, 0.15) is 38.2 Å². The van der Waals surface area contributed by atoms with E-state index in [2.05, 4.69) is 31.2 Å². The van der Waals surface area contributed by atoms with E-state index in [4.69, 9.17) is 0 Å². The van der Waals surface area contributed by atoms with Gasteiger partial charge in [-0.05, 0) is 47.6 Å². The van der Waals surface area contributed by atoms with Gasteiger partial charge < -0.3 is 0 Å². The van der Waals surface area contributed by atoms with Gasteiger partial charge in [0.15, 0.2) is 0 Å². The summed E-state index contributed by atoms with van der Waals surface area (Å²) >= 11 is 0. The number of benzene rings is 2. The lowest BCUT2D eigenvalue weighted by molar-refractivity contribution is 0.437. The van der Waals surface area contributed by atoms with Crippen LogP contribution in [0.25, 0.3) is 11.1 Å². The van der Waals surface area contributed by atoms with Gasteiger partial charge in [-0.3, -0.25) is 0 Å². The van der Waals surface area contributed by atoms with Crippen LogP contribution in [0.15, 0.2) is 48.5 Å². The maximum absolute atomic E-state index is 13.0. The van der Waals surface area contributed by atoms with Crippen molar-refractivity contribution in [3.8, 4) is 11.1 Å². The first-order chi connectivity index (χ1) is 11.7. The van der Waals surface area contributed by atoms with Crippen molar-refractivity contribution >= 4 is 8.80 Å². The molecule has 2 aromatic carbocycles. The molecule has 1 saturated heterocycles. The molecule has 0 nitrogen and oxygen atoms in total. The maximum Gasteiger partial charge on any atom is 0.123 e. The zero-order valence-electron chi connectivity index (χ0n) is 14.8. The molecule has 0 radical (unpaired) electrons. The van der Waals surface area contributed by atoms with Crippen molar-refractivity contribution in [3.05, 3.63) is 59.9 Å². The number of aryl methyl sites for hydroxylation is 1. The molecule has 0 unspecified atom stereocenters. The molecule has 2 aromatic rings. The minimum absolute atomic E-state index is 0.174. The second-order valence-electron chi connectivity index (χ2n) is 7.42. The number of rotatable bonds is 6. The van der Waals surface area contributed by atoms with Gasteiger partial charge in [0.25, 0.3) is 0 Å². The molecule has 1 heterocycles. The lowest BCUT2D eigenvalue weighted by Crippen LogP contribution is -2.21. The third kappa shape index (κ3) is 4.79. The average Bonchev–Trinajstić information content (AvgIpc) is 2.63. The normalized spacial score (nSPS) is 20.9. The van der Waals surface area contributed by atoms with Crippen LogP contribution in [0, 0.1) is 11.7 Å². The van der Waals surface area contributed by atoms with Crippen LogP contribution >= 0.6 is 0 Å². The molecular formula is C22H29FSi. The Kier molecular flexibility index (Phi) is 6.25. The summed E-state index contributed by atoms with van der Waals surface area (Å²) in [7, 11) is -0.336.